The number of likely N-dealkylation sites (tertiary alicyclic amines) is 1. The second-order valence-electron chi connectivity index (χ2n) is 6.99. The number of benzene rings is 1. The van der Waals surface area contributed by atoms with E-state index >= 15 is 0 Å². The molecule has 0 spiro atoms. The van der Waals surface area contributed by atoms with Crippen molar-refractivity contribution < 1.29 is 17.6 Å². The molecule has 1 saturated heterocycles. The van der Waals surface area contributed by atoms with Crippen LogP contribution >= 0.6 is 0 Å². The third kappa shape index (κ3) is 2.84. The molecule has 1 aromatic carbocycles. The van der Waals surface area contributed by atoms with Crippen molar-refractivity contribution in [3.8, 4) is 0 Å². The fraction of sp³-hybridized carbons (Fsp3) is 0.588. The predicted octanol–water partition coefficient (Wildman–Crippen LogP) is 2.24. The van der Waals surface area contributed by atoms with Gasteiger partial charge >= 0.3 is 0 Å². The van der Waals surface area contributed by atoms with Crippen LogP contribution in [0, 0.1) is 11.2 Å². The molecule has 1 aromatic rings. The van der Waals surface area contributed by atoms with E-state index in [0.717, 1.165) is 25.3 Å². The highest BCUT2D eigenvalue weighted by Crippen LogP contribution is 2.48. The van der Waals surface area contributed by atoms with Gasteiger partial charge in [0.05, 0.1) is 4.90 Å². The Morgan fingerprint density at radius 2 is 2.12 bits per heavy atom. The van der Waals surface area contributed by atoms with Crippen LogP contribution in [0.25, 0.3) is 0 Å². The van der Waals surface area contributed by atoms with Crippen LogP contribution in [0.4, 0.5) is 4.39 Å². The number of carbonyl (C=O) groups is 1. The summed E-state index contributed by atoms with van der Waals surface area (Å²) in [5, 5.41) is 0. The summed E-state index contributed by atoms with van der Waals surface area (Å²) in [5.41, 5.74) is -0.197. The van der Waals surface area contributed by atoms with Crippen molar-refractivity contribution in [3.05, 3.63) is 30.1 Å². The maximum absolute atomic E-state index is 13.4. The van der Waals surface area contributed by atoms with E-state index in [9.17, 15) is 17.6 Å². The van der Waals surface area contributed by atoms with Gasteiger partial charge in [0.15, 0.2) is 0 Å². The predicted molar refractivity (Wildman–Crippen MR) is 88.3 cm³/mol. The topological polar surface area (TPSA) is 57.7 Å². The molecule has 0 N–H and O–H groups in total. The summed E-state index contributed by atoms with van der Waals surface area (Å²) in [7, 11) is -0.391. The van der Waals surface area contributed by atoms with Crippen LogP contribution in [-0.4, -0.2) is 50.2 Å². The van der Waals surface area contributed by atoms with Crippen molar-refractivity contribution in [1.82, 2.24) is 9.21 Å². The second-order valence-corrected chi connectivity index (χ2v) is 9.04. The number of piperidine rings is 1. The van der Waals surface area contributed by atoms with Crippen LogP contribution in [0.5, 0.6) is 0 Å². The van der Waals surface area contributed by atoms with Gasteiger partial charge in [-0.2, -0.15) is 0 Å². The monoisotopic (exact) mass is 354 g/mol. The molecule has 1 aliphatic heterocycles. The van der Waals surface area contributed by atoms with Gasteiger partial charge in [-0.1, -0.05) is 12.5 Å². The summed E-state index contributed by atoms with van der Waals surface area (Å²) in [6.07, 6.45) is 4.00. The number of hydrogen-bond donors (Lipinski definition) is 0. The fourth-order valence-electron chi connectivity index (χ4n) is 4.32. The van der Waals surface area contributed by atoms with Gasteiger partial charge in [-0.15, -0.1) is 0 Å². The maximum Gasteiger partial charge on any atom is 0.242 e. The normalized spacial score (nSPS) is 27.6. The highest BCUT2D eigenvalue weighted by molar-refractivity contribution is 7.89. The van der Waals surface area contributed by atoms with Crippen LogP contribution in [0.2, 0.25) is 0 Å². The van der Waals surface area contributed by atoms with Gasteiger partial charge in [0.1, 0.15) is 5.82 Å². The van der Waals surface area contributed by atoms with E-state index in [2.05, 4.69) is 0 Å². The van der Waals surface area contributed by atoms with Crippen molar-refractivity contribution >= 4 is 15.9 Å². The number of hydrogen-bond acceptors (Lipinski definition) is 3. The maximum atomic E-state index is 13.4. The van der Waals surface area contributed by atoms with Gasteiger partial charge in [-0.3, -0.25) is 4.79 Å². The standard InChI is InChI=1S/C17H23FN2O3S/c1-19(24(22,23)14-6-3-5-13(18)11-14)12-17-9-4-7-15(17)20(2)16(21)8-10-17/h3,5-6,11,15H,4,7-10,12H2,1-2H3. The molecule has 24 heavy (non-hydrogen) atoms. The van der Waals surface area contributed by atoms with Gasteiger partial charge < -0.3 is 4.90 Å². The number of carbonyl (C=O) groups excluding carboxylic acids is 1. The summed E-state index contributed by atoms with van der Waals surface area (Å²) < 4.78 is 40.3. The highest BCUT2D eigenvalue weighted by Gasteiger charge is 2.50. The zero-order valence-electron chi connectivity index (χ0n) is 14.0. The van der Waals surface area contributed by atoms with Crippen LogP contribution in [0.15, 0.2) is 29.2 Å². The molecule has 1 saturated carbocycles. The molecule has 0 aromatic heterocycles. The SMILES string of the molecule is CN1C(=O)CCC2(CN(C)S(=O)(=O)c3cccc(F)c3)CCCC12. The first-order chi connectivity index (χ1) is 11.3. The van der Waals surface area contributed by atoms with Gasteiger partial charge in [0.2, 0.25) is 15.9 Å². The first-order valence-electron chi connectivity index (χ1n) is 8.24. The van der Waals surface area contributed by atoms with Gasteiger partial charge in [-0.05, 0) is 37.5 Å². The lowest BCUT2D eigenvalue weighted by Crippen LogP contribution is -2.54. The molecule has 1 amide bonds. The molecule has 132 valence electrons. The lowest BCUT2D eigenvalue weighted by atomic mass is 9.75. The number of rotatable bonds is 4. The molecule has 2 aliphatic rings. The van der Waals surface area contributed by atoms with E-state index in [4.69, 9.17) is 0 Å². The lowest BCUT2D eigenvalue weighted by molar-refractivity contribution is -0.139. The molecule has 7 heteroatoms. The Balaban J connectivity index is 1.86. The highest BCUT2D eigenvalue weighted by atomic mass is 32.2. The van der Waals surface area contributed by atoms with Crippen molar-refractivity contribution in [1.29, 1.82) is 0 Å². The van der Waals surface area contributed by atoms with Crippen LogP contribution < -0.4 is 0 Å². The molecule has 2 fully saturated rings. The zero-order valence-corrected chi connectivity index (χ0v) is 14.9. The number of nitrogens with zero attached hydrogens (tertiary/aromatic N) is 2. The van der Waals surface area contributed by atoms with Gasteiger partial charge in [0, 0.05) is 38.5 Å². The molecule has 2 atom stereocenters. The lowest BCUT2D eigenvalue weighted by Gasteiger charge is -2.46. The summed E-state index contributed by atoms with van der Waals surface area (Å²) in [5.74, 6) is -0.433. The average molecular weight is 354 g/mol. The Hall–Kier alpha value is -1.47. The Morgan fingerprint density at radius 3 is 2.83 bits per heavy atom. The van der Waals surface area contributed by atoms with Crippen molar-refractivity contribution in [3.63, 3.8) is 0 Å². The molecule has 2 unspecified atom stereocenters. The molecule has 1 heterocycles. The third-order valence-electron chi connectivity index (χ3n) is 5.60. The minimum atomic E-state index is -3.75. The minimum absolute atomic E-state index is 0.0313. The Bertz CT molecular complexity index is 752. The molecule has 0 bridgehead atoms. The summed E-state index contributed by atoms with van der Waals surface area (Å²) in [6, 6.07) is 5.18. The van der Waals surface area contributed by atoms with Crippen molar-refractivity contribution in [2.75, 3.05) is 20.6 Å². The van der Waals surface area contributed by atoms with E-state index in [1.165, 1.54) is 22.5 Å². The zero-order chi connectivity index (χ0) is 17.5. The second kappa shape index (κ2) is 6.11. The number of sulfonamides is 1. The molecular weight excluding hydrogens is 331 g/mol. The van der Waals surface area contributed by atoms with Gasteiger partial charge in [-0.25, -0.2) is 17.1 Å². The summed E-state index contributed by atoms with van der Waals surface area (Å²) >= 11 is 0. The third-order valence-corrected chi connectivity index (χ3v) is 7.40. The first-order valence-corrected chi connectivity index (χ1v) is 9.68. The fourth-order valence-corrected chi connectivity index (χ4v) is 5.62. The Kier molecular flexibility index (Phi) is 4.42. The average Bonchev–Trinajstić information content (AvgIpc) is 2.95. The number of fused-ring (bicyclic) bond motifs is 1. The number of amides is 1. The molecule has 5 nitrogen and oxygen atoms in total. The summed E-state index contributed by atoms with van der Waals surface area (Å²) in [6.45, 7) is 0.355. The Labute approximate surface area is 142 Å². The smallest absolute Gasteiger partial charge is 0.242 e. The molecule has 0 radical (unpaired) electrons. The molecule has 3 rings (SSSR count). The number of halogens is 1. The summed E-state index contributed by atoms with van der Waals surface area (Å²) in [4.78, 5) is 13.7. The van der Waals surface area contributed by atoms with Crippen LogP contribution in [0.3, 0.4) is 0 Å². The van der Waals surface area contributed by atoms with Crippen LogP contribution in [-0.2, 0) is 14.8 Å². The van der Waals surface area contributed by atoms with Gasteiger partial charge in [0.25, 0.3) is 0 Å². The van der Waals surface area contributed by atoms with Crippen molar-refractivity contribution in [2.24, 2.45) is 5.41 Å². The Morgan fingerprint density at radius 1 is 1.38 bits per heavy atom. The largest absolute Gasteiger partial charge is 0.342 e. The van der Waals surface area contributed by atoms with E-state index in [0.29, 0.717) is 19.4 Å². The quantitative estimate of drug-likeness (QED) is 0.833. The van der Waals surface area contributed by atoms with Crippen LogP contribution in [0.1, 0.15) is 32.1 Å². The van der Waals surface area contributed by atoms with E-state index in [-0.39, 0.29) is 22.3 Å². The molecule has 1 aliphatic carbocycles. The van der Waals surface area contributed by atoms with E-state index in [1.54, 1.807) is 11.9 Å². The van der Waals surface area contributed by atoms with E-state index in [1.807, 2.05) is 7.05 Å². The molecular formula is C17H23FN2O3S. The minimum Gasteiger partial charge on any atom is -0.342 e. The van der Waals surface area contributed by atoms with Crippen molar-refractivity contribution in [2.45, 2.75) is 43.0 Å². The van der Waals surface area contributed by atoms with E-state index < -0.39 is 15.8 Å². The first kappa shape index (κ1) is 17.4.